The van der Waals surface area contributed by atoms with Crippen LogP contribution in [0.4, 0.5) is 29.9 Å². The van der Waals surface area contributed by atoms with E-state index in [-0.39, 0.29) is 35.7 Å². The first-order valence-corrected chi connectivity index (χ1v) is 12.3. The number of hydrogen-bond acceptors (Lipinski definition) is 8. The van der Waals surface area contributed by atoms with Gasteiger partial charge in [0.15, 0.2) is 5.82 Å². The second-order valence-corrected chi connectivity index (χ2v) is 10.5. The van der Waals surface area contributed by atoms with Crippen LogP contribution in [0.3, 0.4) is 0 Å². The average Bonchev–Trinajstić information content (AvgIpc) is 3.30. The van der Waals surface area contributed by atoms with E-state index in [9.17, 15) is 14.9 Å². The number of aromatic nitrogens is 2. The predicted octanol–water partition coefficient (Wildman–Crippen LogP) is 5.34. The highest BCUT2D eigenvalue weighted by molar-refractivity contribution is 5.91. The van der Waals surface area contributed by atoms with Crippen molar-refractivity contribution in [1.29, 1.82) is 5.26 Å². The van der Waals surface area contributed by atoms with Crippen molar-refractivity contribution in [3.05, 3.63) is 60.1 Å². The van der Waals surface area contributed by atoms with Gasteiger partial charge in [-0.1, -0.05) is 11.2 Å². The zero-order chi connectivity index (χ0) is 27.9. The minimum atomic E-state index is -0.893. The van der Waals surface area contributed by atoms with Crippen LogP contribution in [0.1, 0.15) is 39.3 Å². The number of carbonyl (C=O) groups is 2. The topological polar surface area (TPSA) is 122 Å². The molecule has 0 spiro atoms. The van der Waals surface area contributed by atoms with Crippen molar-refractivity contribution in [2.75, 3.05) is 22.9 Å². The van der Waals surface area contributed by atoms with Crippen LogP contribution < -0.4 is 9.80 Å². The maximum atomic E-state index is 15.2. The van der Waals surface area contributed by atoms with Crippen molar-refractivity contribution in [2.24, 2.45) is 0 Å². The molecule has 1 aliphatic heterocycles. The van der Waals surface area contributed by atoms with E-state index in [1.54, 1.807) is 26.8 Å². The van der Waals surface area contributed by atoms with Crippen LogP contribution in [0.15, 0.2) is 47.3 Å². The molecule has 2 amide bonds. The minimum Gasteiger partial charge on any atom is -0.443 e. The van der Waals surface area contributed by atoms with E-state index >= 15 is 8.78 Å². The largest absolute Gasteiger partial charge is 0.443 e. The van der Waals surface area contributed by atoms with Crippen molar-refractivity contribution in [3.8, 4) is 17.2 Å². The molecule has 1 atom stereocenters. The molecule has 2 aromatic heterocycles. The predicted molar refractivity (Wildman–Crippen MR) is 134 cm³/mol. The van der Waals surface area contributed by atoms with Gasteiger partial charge in [-0.05, 0) is 51.8 Å². The quantitative estimate of drug-likeness (QED) is 0.413. The molecule has 0 unspecified atom stereocenters. The fourth-order valence-electron chi connectivity index (χ4n) is 4.32. The summed E-state index contributed by atoms with van der Waals surface area (Å²) >= 11 is 0. The lowest BCUT2D eigenvalue weighted by molar-refractivity contribution is 0.0556. The minimum absolute atomic E-state index is 0.0440. The molecule has 0 N–H and O–H groups in total. The normalized spacial score (nSPS) is 17.9. The van der Waals surface area contributed by atoms with E-state index in [0.717, 1.165) is 21.9 Å². The van der Waals surface area contributed by atoms with Crippen LogP contribution in [0.5, 0.6) is 0 Å². The van der Waals surface area contributed by atoms with Gasteiger partial charge in [-0.15, -0.1) is 0 Å². The van der Waals surface area contributed by atoms with E-state index in [0.29, 0.717) is 18.5 Å². The number of rotatable bonds is 6. The highest BCUT2D eigenvalue weighted by Gasteiger charge is 2.46. The van der Waals surface area contributed by atoms with Crippen LogP contribution in [0.25, 0.3) is 11.1 Å². The maximum Gasteiger partial charge on any atom is 0.416 e. The first kappa shape index (κ1) is 26.1. The first-order valence-electron chi connectivity index (χ1n) is 12.3. The molecule has 10 nitrogen and oxygen atoms in total. The van der Waals surface area contributed by atoms with Crippen LogP contribution in [0, 0.1) is 23.0 Å². The van der Waals surface area contributed by atoms with Gasteiger partial charge in [-0.3, -0.25) is 14.8 Å². The Morgan fingerprint density at radius 3 is 2.51 bits per heavy atom. The zero-order valence-electron chi connectivity index (χ0n) is 21.5. The lowest BCUT2D eigenvalue weighted by Crippen LogP contribution is -2.42. The Kier molecular flexibility index (Phi) is 6.46. The number of carbonyl (C=O) groups excluding carboxylic acids is 2. The molecular weight excluding hydrogens is 512 g/mol. The highest BCUT2D eigenvalue weighted by atomic mass is 19.1. The Balaban J connectivity index is 1.34. The van der Waals surface area contributed by atoms with Gasteiger partial charge >= 0.3 is 12.2 Å². The molecule has 3 aromatic rings. The van der Waals surface area contributed by atoms with Crippen molar-refractivity contribution in [2.45, 2.75) is 50.7 Å². The van der Waals surface area contributed by atoms with Gasteiger partial charge < -0.3 is 14.0 Å². The lowest BCUT2D eigenvalue weighted by Gasteiger charge is -2.26. The van der Waals surface area contributed by atoms with E-state index in [1.807, 2.05) is 0 Å². The highest BCUT2D eigenvalue weighted by Crippen LogP contribution is 2.46. The molecule has 0 bridgehead atoms. The molecule has 0 radical (unpaired) electrons. The van der Waals surface area contributed by atoms with Crippen LogP contribution in [-0.4, -0.2) is 47.1 Å². The molecule has 1 saturated carbocycles. The molecule has 1 saturated heterocycles. The summed E-state index contributed by atoms with van der Waals surface area (Å²) in [7, 11) is 0. The van der Waals surface area contributed by atoms with Gasteiger partial charge in [0.25, 0.3) is 0 Å². The second-order valence-electron chi connectivity index (χ2n) is 10.5. The summed E-state index contributed by atoms with van der Waals surface area (Å²) in [4.78, 5) is 31.9. The summed E-state index contributed by atoms with van der Waals surface area (Å²) in [6.45, 7) is 4.90. The van der Waals surface area contributed by atoms with E-state index in [4.69, 9.17) is 14.0 Å². The first-order chi connectivity index (χ1) is 18.5. The summed E-state index contributed by atoms with van der Waals surface area (Å²) < 4.78 is 46.0. The van der Waals surface area contributed by atoms with E-state index < -0.39 is 40.9 Å². The van der Waals surface area contributed by atoms with Gasteiger partial charge in [0.05, 0.1) is 41.5 Å². The summed E-state index contributed by atoms with van der Waals surface area (Å²) in [6.07, 6.45) is 1.62. The van der Waals surface area contributed by atoms with Crippen molar-refractivity contribution < 1.29 is 32.4 Å². The van der Waals surface area contributed by atoms with Gasteiger partial charge in [0, 0.05) is 17.8 Å². The van der Waals surface area contributed by atoms with Gasteiger partial charge in [-0.2, -0.15) is 5.26 Å². The molecule has 39 heavy (non-hydrogen) atoms. The third-order valence-corrected chi connectivity index (χ3v) is 6.42. The molecule has 1 aliphatic carbocycles. The molecule has 12 heteroatoms. The molecular formula is C27H25F2N5O5. The number of cyclic esters (lactones) is 1. The summed E-state index contributed by atoms with van der Waals surface area (Å²) in [5.41, 5.74) is -0.971. The smallest absolute Gasteiger partial charge is 0.416 e. The van der Waals surface area contributed by atoms with E-state index in [2.05, 4.69) is 16.2 Å². The molecule has 202 valence electrons. The molecule has 1 aromatic carbocycles. The number of amides is 2. The molecule has 5 rings (SSSR count). The SMILES string of the molecule is CC(C)(C)OC(=O)N(C[C@H]1CN(c2cc(F)c(-c3ccc(C4(C#N)CC4)nc3)c(F)c2)C(=O)O1)c1ccon1. The number of ether oxygens (including phenoxy) is 2. The number of halogens is 2. The van der Waals surface area contributed by atoms with Crippen molar-refractivity contribution in [3.63, 3.8) is 0 Å². The maximum absolute atomic E-state index is 15.2. The lowest BCUT2D eigenvalue weighted by atomic mass is 10.0. The number of pyridine rings is 1. The van der Waals surface area contributed by atoms with E-state index in [1.165, 1.54) is 24.6 Å². The summed E-state index contributed by atoms with van der Waals surface area (Å²) in [5, 5.41) is 13.1. The fourth-order valence-corrected chi connectivity index (χ4v) is 4.32. The number of nitrogens with zero attached hydrogens (tertiary/aromatic N) is 5. The zero-order valence-corrected chi connectivity index (χ0v) is 21.5. The van der Waals surface area contributed by atoms with Crippen molar-refractivity contribution in [1.82, 2.24) is 10.1 Å². The third-order valence-electron chi connectivity index (χ3n) is 6.42. The Bertz CT molecular complexity index is 1420. The number of hydrogen-bond donors (Lipinski definition) is 0. The Hall–Kier alpha value is -4.53. The molecule has 2 aliphatic rings. The van der Waals surface area contributed by atoms with Crippen molar-refractivity contribution >= 4 is 23.7 Å². The van der Waals surface area contributed by atoms with Crippen LogP contribution in [-0.2, 0) is 14.9 Å². The van der Waals surface area contributed by atoms with Gasteiger partial charge in [-0.25, -0.2) is 18.4 Å². The monoisotopic (exact) mass is 537 g/mol. The number of benzene rings is 1. The number of anilines is 2. The molecule has 2 fully saturated rings. The Morgan fingerprint density at radius 2 is 1.97 bits per heavy atom. The fraction of sp³-hybridized carbons (Fsp3) is 0.370. The van der Waals surface area contributed by atoms with Gasteiger partial charge in [0.1, 0.15) is 29.6 Å². The summed E-state index contributed by atoms with van der Waals surface area (Å²) in [6, 6.07) is 8.89. The summed E-state index contributed by atoms with van der Waals surface area (Å²) in [5.74, 6) is -1.63. The average molecular weight is 538 g/mol. The van der Waals surface area contributed by atoms with Crippen LogP contribution in [0.2, 0.25) is 0 Å². The molecule has 3 heterocycles. The third kappa shape index (κ3) is 5.25. The number of nitriles is 1. The van der Waals surface area contributed by atoms with Gasteiger partial charge in [0.2, 0.25) is 0 Å². The Morgan fingerprint density at radius 1 is 1.26 bits per heavy atom. The Labute approximate surface area is 222 Å². The second kappa shape index (κ2) is 9.65. The standard InChI is InChI=1S/C27H25F2N5O5/c1-26(2,3)39-25(36)34(22-6-9-37-32-22)14-18-13-33(24(35)38-18)17-10-19(28)23(20(29)11-17)16-4-5-21(31-12-16)27(15-30)7-8-27/h4-6,9-12,18H,7-8,13-14H2,1-3H3/t18-/m1/s1. The van der Waals surface area contributed by atoms with Crippen LogP contribution >= 0.6 is 0 Å².